The van der Waals surface area contributed by atoms with E-state index >= 15 is 0 Å². The lowest BCUT2D eigenvalue weighted by Crippen LogP contribution is -2.03. The number of azide groups is 1. The van der Waals surface area contributed by atoms with Crippen molar-refractivity contribution >= 4 is 23.5 Å². The quantitative estimate of drug-likeness (QED) is 0.0612. The Morgan fingerprint density at radius 1 is 0.806 bits per heavy atom. The summed E-state index contributed by atoms with van der Waals surface area (Å²) in [5.41, 5.74) is 12.9. The zero-order valence-corrected chi connectivity index (χ0v) is 22.2. The van der Waals surface area contributed by atoms with Gasteiger partial charge in [0.05, 0.1) is 19.8 Å². The van der Waals surface area contributed by atoms with Gasteiger partial charge in [0.25, 0.3) is 0 Å². The molecule has 196 valence electrons. The number of aryl methyl sites for hydroxylation is 2. The van der Waals surface area contributed by atoms with Gasteiger partial charge in [-0.3, -0.25) is 9.59 Å². The highest BCUT2D eigenvalue weighted by Gasteiger charge is 2.03. The van der Waals surface area contributed by atoms with Gasteiger partial charge in [-0.15, -0.1) is 11.6 Å². The molecule has 36 heavy (non-hydrogen) atoms. The molecule has 0 saturated heterocycles. The average molecular weight is 516 g/mol. The molecule has 0 aliphatic heterocycles. The topological polar surface area (TPSA) is 101 Å². The van der Waals surface area contributed by atoms with Gasteiger partial charge in [-0.25, -0.2) is 0 Å². The number of rotatable bonds is 15. The van der Waals surface area contributed by atoms with Crippen molar-refractivity contribution in [3.05, 3.63) is 81.2 Å². The number of nitrogens with zero attached hydrogens (tertiary/aromatic N) is 3. The number of alkyl halides is 1. The van der Waals surface area contributed by atoms with Crippen molar-refractivity contribution in [1.82, 2.24) is 0 Å². The Labute approximate surface area is 219 Å². The number of unbranched alkanes of at least 4 members (excludes halogenated alkanes) is 2. The van der Waals surface area contributed by atoms with Crippen LogP contribution in [-0.4, -0.2) is 25.2 Å². The summed E-state index contributed by atoms with van der Waals surface area (Å²) >= 11 is 5.78. The summed E-state index contributed by atoms with van der Waals surface area (Å²) in [6.45, 7) is 4.94. The van der Waals surface area contributed by atoms with Gasteiger partial charge in [0, 0.05) is 23.6 Å². The van der Waals surface area contributed by atoms with Crippen molar-refractivity contribution in [3.8, 4) is 0 Å². The van der Waals surface area contributed by atoms with Crippen molar-refractivity contribution in [3.63, 3.8) is 0 Å². The van der Waals surface area contributed by atoms with Gasteiger partial charge in [0.2, 0.25) is 0 Å². The molecule has 0 bridgehead atoms. The number of benzene rings is 2. The molecular formula is C28H38ClN3O4. The fourth-order valence-electron chi connectivity index (χ4n) is 3.53. The second kappa shape index (κ2) is 20.2. The van der Waals surface area contributed by atoms with Crippen LogP contribution in [-0.2, 0) is 44.3 Å². The lowest BCUT2D eigenvalue weighted by molar-refractivity contribution is -0.144. The molecule has 0 N–H and O–H groups in total. The average Bonchev–Trinajstić information content (AvgIpc) is 2.89. The summed E-state index contributed by atoms with van der Waals surface area (Å²) in [4.78, 5) is 25.0. The molecule has 0 fully saturated rings. The van der Waals surface area contributed by atoms with Crippen LogP contribution in [0.5, 0.6) is 0 Å². The van der Waals surface area contributed by atoms with Crippen LogP contribution in [0, 0.1) is 0 Å². The highest BCUT2D eigenvalue weighted by atomic mass is 35.5. The maximum absolute atomic E-state index is 11.2. The van der Waals surface area contributed by atoms with Gasteiger partial charge in [-0.05, 0) is 80.2 Å². The molecule has 2 rings (SSSR count). The highest BCUT2D eigenvalue weighted by molar-refractivity contribution is 6.17. The van der Waals surface area contributed by atoms with Crippen LogP contribution in [0.25, 0.3) is 10.4 Å². The molecule has 7 nitrogen and oxygen atoms in total. The number of halogens is 1. The molecule has 0 unspecified atom stereocenters. The molecule has 0 spiro atoms. The first-order chi connectivity index (χ1) is 17.5. The monoisotopic (exact) mass is 515 g/mol. The zero-order chi connectivity index (χ0) is 26.4. The van der Waals surface area contributed by atoms with Crippen molar-refractivity contribution in [2.45, 2.75) is 77.6 Å². The molecule has 2 aromatic rings. The maximum Gasteiger partial charge on any atom is 0.305 e. The Balaban J connectivity index is 0.000000362. The molecule has 0 aromatic heterocycles. The summed E-state index contributed by atoms with van der Waals surface area (Å²) in [7, 11) is 0. The third kappa shape index (κ3) is 15.1. The minimum Gasteiger partial charge on any atom is -0.466 e. The lowest BCUT2D eigenvalue weighted by atomic mass is 10.0. The second-order valence-corrected chi connectivity index (χ2v) is 8.45. The van der Waals surface area contributed by atoms with Crippen LogP contribution in [0.2, 0.25) is 0 Å². The summed E-state index contributed by atoms with van der Waals surface area (Å²) in [6.07, 6.45) is 6.57. The van der Waals surface area contributed by atoms with Crippen LogP contribution in [0.15, 0.2) is 53.6 Å². The first kappa shape index (κ1) is 31.0. The maximum atomic E-state index is 11.2. The van der Waals surface area contributed by atoms with E-state index in [4.69, 9.17) is 26.6 Å². The molecule has 0 amide bonds. The van der Waals surface area contributed by atoms with Crippen LogP contribution >= 0.6 is 11.6 Å². The number of hydrogen-bond donors (Lipinski definition) is 0. The van der Waals surface area contributed by atoms with Crippen molar-refractivity contribution < 1.29 is 19.1 Å². The molecule has 0 atom stereocenters. The van der Waals surface area contributed by atoms with Crippen molar-refractivity contribution in [2.75, 3.05) is 13.2 Å². The molecule has 0 aliphatic carbocycles. The molecule has 2 aromatic carbocycles. The fourth-order valence-corrected chi connectivity index (χ4v) is 3.69. The summed E-state index contributed by atoms with van der Waals surface area (Å²) in [5.74, 6) is 0.332. The Morgan fingerprint density at radius 2 is 1.28 bits per heavy atom. The van der Waals surface area contributed by atoms with Gasteiger partial charge < -0.3 is 9.47 Å². The van der Waals surface area contributed by atoms with E-state index in [0.29, 0.717) is 38.5 Å². The third-order valence-electron chi connectivity index (χ3n) is 5.26. The van der Waals surface area contributed by atoms with E-state index in [2.05, 4.69) is 22.2 Å². The van der Waals surface area contributed by atoms with Crippen LogP contribution in [0.3, 0.4) is 0 Å². The van der Waals surface area contributed by atoms with Gasteiger partial charge >= 0.3 is 11.9 Å². The van der Waals surface area contributed by atoms with E-state index < -0.39 is 0 Å². The van der Waals surface area contributed by atoms with Crippen LogP contribution in [0.1, 0.15) is 74.6 Å². The van der Waals surface area contributed by atoms with E-state index in [9.17, 15) is 9.59 Å². The predicted octanol–water partition coefficient (Wildman–Crippen LogP) is 7.47. The number of hydrogen-bond acceptors (Lipinski definition) is 5. The van der Waals surface area contributed by atoms with Crippen LogP contribution < -0.4 is 0 Å². The number of ether oxygens (including phenoxy) is 2. The first-order valence-corrected chi connectivity index (χ1v) is 13.1. The Hall–Kier alpha value is -3.02. The Bertz CT molecular complexity index is 961. The minimum atomic E-state index is -0.125. The number of carbonyl (C=O) groups excluding carboxylic acids is 2. The zero-order valence-electron chi connectivity index (χ0n) is 21.5. The predicted molar refractivity (Wildman–Crippen MR) is 144 cm³/mol. The molecule has 0 heterocycles. The summed E-state index contributed by atoms with van der Waals surface area (Å²) in [5, 5.41) is 3.54. The standard InChI is InChI=1S/C14H19ClO2.C14H19N3O2/c1-2-17-14(16)9-4-3-6-12-7-5-8-13(10-12)11-15;1-2-19-14(18)9-4-3-6-12-7-5-8-13(10-12)11-16-17-15/h5,7-8,10H,2-4,6,9,11H2,1H3;5,7-8,10H,2-4,6,9,11H2,1H3. The molecule has 0 radical (unpaired) electrons. The largest absolute Gasteiger partial charge is 0.466 e. The fraction of sp³-hybridized carbons (Fsp3) is 0.500. The van der Waals surface area contributed by atoms with Gasteiger partial charge in [0.15, 0.2) is 0 Å². The second-order valence-electron chi connectivity index (χ2n) is 8.19. The molecule has 8 heteroatoms. The van der Waals surface area contributed by atoms with E-state index in [1.807, 2.05) is 50.2 Å². The Morgan fingerprint density at radius 3 is 1.75 bits per heavy atom. The Kier molecular flexibility index (Phi) is 17.4. The molecular weight excluding hydrogens is 478 g/mol. The van der Waals surface area contributed by atoms with Crippen molar-refractivity contribution in [1.29, 1.82) is 0 Å². The van der Waals surface area contributed by atoms with Crippen LogP contribution in [0.4, 0.5) is 0 Å². The number of esters is 2. The minimum absolute atomic E-state index is 0.0954. The van der Waals surface area contributed by atoms with E-state index in [0.717, 1.165) is 49.7 Å². The smallest absolute Gasteiger partial charge is 0.305 e. The van der Waals surface area contributed by atoms with E-state index in [1.54, 1.807) is 0 Å². The summed E-state index contributed by atoms with van der Waals surface area (Å²) in [6, 6.07) is 16.3. The van der Waals surface area contributed by atoms with Crippen molar-refractivity contribution in [2.24, 2.45) is 5.11 Å². The third-order valence-corrected chi connectivity index (χ3v) is 5.57. The summed E-state index contributed by atoms with van der Waals surface area (Å²) < 4.78 is 9.75. The van der Waals surface area contributed by atoms with Gasteiger partial charge in [-0.2, -0.15) is 0 Å². The normalized spacial score (nSPS) is 9.97. The first-order valence-electron chi connectivity index (χ1n) is 12.6. The number of carbonyl (C=O) groups is 2. The van der Waals surface area contributed by atoms with Gasteiger partial charge in [0.1, 0.15) is 0 Å². The molecule has 0 aliphatic rings. The lowest BCUT2D eigenvalue weighted by Gasteiger charge is -2.04. The van der Waals surface area contributed by atoms with Gasteiger partial charge in [-0.1, -0.05) is 53.6 Å². The SMILES string of the molecule is CCOC(=O)CCCCc1cccc(CCl)c1.CCOC(=O)CCCCc1cccc(CN=[N+]=[N-])c1. The van der Waals surface area contributed by atoms with E-state index in [1.165, 1.54) is 11.1 Å². The molecule has 0 saturated carbocycles. The highest BCUT2D eigenvalue weighted by Crippen LogP contribution is 2.12. The van der Waals surface area contributed by atoms with E-state index in [-0.39, 0.29) is 11.9 Å².